The maximum absolute atomic E-state index is 2.51. The first kappa shape index (κ1) is 9.02. The van der Waals surface area contributed by atoms with Gasteiger partial charge in [-0.2, -0.15) is 0 Å². The molecule has 1 fully saturated rings. The normalized spacial score (nSPS) is 25.0. The zero-order chi connectivity index (χ0) is 6.53. The van der Waals surface area contributed by atoms with Crippen molar-refractivity contribution in [3.63, 3.8) is 0 Å². The second-order valence-corrected chi connectivity index (χ2v) is 25.4. The van der Waals surface area contributed by atoms with Crippen molar-refractivity contribution >= 4 is 47.6 Å². The molecule has 1 rings (SSSR count). The molecular weight excluding hydrogens is 365 g/mol. The van der Waals surface area contributed by atoms with Gasteiger partial charge in [0.15, 0.2) is 0 Å². The van der Waals surface area contributed by atoms with Gasteiger partial charge in [-0.1, -0.05) is 0 Å². The summed E-state index contributed by atoms with van der Waals surface area (Å²) in [6.45, 7) is 0. The Balaban J connectivity index is 2.12. The van der Waals surface area contributed by atoms with Gasteiger partial charge in [0.25, 0.3) is 0 Å². The standard InChI is InChI=1S/C4H10S3.CH3.Bi/c5-1-3-7-4-2-6;;/h5-6H,1-4H2;1H3;/q;;+2/p-2. The first-order chi connectivity index (χ1) is 4.39. The molecule has 0 aromatic rings. The van der Waals surface area contributed by atoms with E-state index in [2.05, 4.69) is 33.4 Å². The van der Waals surface area contributed by atoms with Gasteiger partial charge in [0.1, 0.15) is 0 Å². The van der Waals surface area contributed by atoms with Crippen LogP contribution in [0.4, 0.5) is 0 Å². The maximum atomic E-state index is 2.51. The predicted octanol–water partition coefficient (Wildman–Crippen LogP) is 2.32. The number of thioether (sulfide) groups is 1. The van der Waals surface area contributed by atoms with Crippen molar-refractivity contribution < 1.29 is 0 Å². The Hall–Kier alpha value is 1.93. The van der Waals surface area contributed by atoms with Crippen LogP contribution < -0.4 is 0 Å². The summed E-state index contributed by atoms with van der Waals surface area (Å²) in [7, 11) is 4.60. The number of rotatable bonds is 0. The summed E-state index contributed by atoms with van der Waals surface area (Å²) < 4.78 is 2.51. The van der Waals surface area contributed by atoms with Crippen LogP contribution in [-0.4, -0.2) is 41.8 Å². The van der Waals surface area contributed by atoms with Gasteiger partial charge in [-0.3, -0.25) is 0 Å². The molecule has 0 saturated carbocycles. The third-order valence-corrected chi connectivity index (χ3v) is 22.3. The second kappa shape index (κ2) is 5.57. The molecule has 1 aliphatic rings. The summed E-state index contributed by atoms with van der Waals surface area (Å²) in [5.74, 6) is 5.69. The molecule has 4 heteroatoms. The quantitative estimate of drug-likeness (QED) is 0.596. The average molecular weight is 376 g/mol. The second-order valence-electron chi connectivity index (χ2n) is 1.72. The molecule has 1 aliphatic heterocycles. The first-order valence-corrected chi connectivity index (χ1v) is 18.0. The predicted molar refractivity (Wildman–Crippen MR) is 53.9 cm³/mol. The molecule has 0 aliphatic carbocycles. The van der Waals surface area contributed by atoms with Gasteiger partial charge in [0, 0.05) is 0 Å². The first-order valence-electron chi connectivity index (χ1n) is 2.97. The van der Waals surface area contributed by atoms with Crippen LogP contribution in [0, 0.1) is 0 Å². The molecule has 0 amide bonds. The van der Waals surface area contributed by atoms with Gasteiger partial charge in [-0.25, -0.2) is 0 Å². The summed E-state index contributed by atoms with van der Waals surface area (Å²) >= 11 is 1.22. The van der Waals surface area contributed by atoms with Crippen molar-refractivity contribution in [2.24, 2.45) is 0 Å². The molecule has 1 saturated heterocycles. The molecule has 0 aromatic carbocycles. The molecule has 0 nitrogen and oxygen atoms in total. The molecule has 9 heavy (non-hydrogen) atoms. The van der Waals surface area contributed by atoms with Crippen LogP contribution in [0.25, 0.3) is 0 Å². The molecule has 0 N–H and O–H groups in total. The Morgan fingerprint density at radius 2 is 1.56 bits per heavy atom. The van der Waals surface area contributed by atoms with Gasteiger partial charge in [0.2, 0.25) is 0 Å². The van der Waals surface area contributed by atoms with E-state index < -0.39 is 18.8 Å². The Morgan fingerprint density at radius 1 is 1.00 bits per heavy atom. The average Bonchev–Trinajstić information content (AvgIpc) is 1.79. The molecule has 0 radical (unpaired) electrons. The fourth-order valence-corrected chi connectivity index (χ4v) is 20.9. The van der Waals surface area contributed by atoms with E-state index in [1.165, 1.54) is 23.0 Å². The number of hydrogen-bond donors (Lipinski definition) is 0. The molecular formula is C5H11BiS3. The van der Waals surface area contributed by atoms with Gasteiger partial charge in [0.05, 0.1) is 0 Å². The summed E-state index contributed by atoms with van der Waals surface area (Å²) in [6.07, 6.45) is 0. The summed E-state index contributed by atoms with van der Waals surface area (Å²) in [5, 5.41) is 0. The fourth-order valence-electron chi connectivity index (χ4n) is 0.589. The molecule has 0 unspecified atom stereocenters. The molecule has 54 valence electrons. The minimum atomic E-state index is -0.903. The van der Waals surface area contributed by atoms with Crippen molar-refractivity contribution in [1.82, 2.24) is 0 Å². The van der Waals surface area contributed by atoms with E-state index >= 15 is 0 Å². The van der Waals surface area contributed by atoms with Crippen LogP contribution in [0.1, 0.15) is 0 Å². The Bertz CT molecular complexity index is 70.6. The fraction of sp³-hybridized carbons (Fsp3) is 1.00. The van der Waals surface area contributed by atoms with Crippen LogP contribution in [-0.2, 0) is 0 Å². The van der Waals surface area contributed by atoms with E-state index in [4.69, 9.17) is 0 Å². The van der Waals surface area contributed by atoms with Crippen LogP contribution in [0.5, 0.6) is 0 Å². The topological polar surface area (TPSA) is 0 Å². The summed E-state index contributed by atoms with van der Waals surface area (Å²) in [6, 6.07) is 0. The molecule has 0 aromatic heterocycles. The Morgan fingerprint density at radius 3 is 2.11 bits per heavy atom. The van der Waals surface area contributed by atoms with E-state index in [1.807, 2.05) is 0 Å². The van der Waals surface area contributed by atoms with E-state index in [0.29, 0.717) is 0 Å². The van der Waals surface area contributed by atoms with Crippen molar-refractivity contribution in [2.45, 2.75) is 4.63 Å². The Kier molecular flexibility index (Phi) is 5.58. The molecule has 0 spiro atoms. The molecule has 0 atom stereocenters. The van der Waals surface area contributed by atoms with Crippen LogP contribution >= 0.6 is 28.8 Å². The minimum absolute atomic E-state index is 0.903. The third-order valence-electron chi connectivity index (χ3n) is 1.00. The van der Waals surface area contributed by atoms with Gasteiger partial charge >= 0.3 is 75.3 Å². The van der Waals surface area contributed by atoms with E-state index in [-0.39, 0.29) is 0 Å². The van der Waals surface area contributed by atoms with E-state index in [0.717, 1.165) is 0 Å². The van der Waals surface area contributed by atoms with Crippen molar-refractivity contribution in [2.75, 3.05) is 23.0 Å². The Labute approximate surface area is 74.5 Å². The van der Waals surface area contributed by atoms with E-state index in [9.17, 15) is 0 Å². The molecule has 1 heterocycles. The van der Waals surface area contributed by atoms with E-state index in [1.54, 1.807) is 0 Å². The van der Waals surface area contributed by atoms with Crippen LogP contribution in [0.2, 0.25) is 4.63 Å². The summed E-state index contributed by atoms with van der Waals surface area (Å²) in [4.78, 5) is 0. The van der Waals surface area contributed by atoms with Crippen molar-refractivity contribution in [3.8, 4) is 0 Å². The monoisotopic (exact) mass is 376 g/mol. The zero-order valence-corrected chi connectivity index (χ0v) is 11.4. The van der Waals surface area contributed by atoms with Gasteiger partial charge in [-0.05, 0) is 0 Å². The third kappa shape index (κ3) is 4.39. The van der Waals surface area contributed by atoms with Crippen molar-refractivity contribution in [3.05, 3.63) is 0 Å². The molecule has 0 bridgehead atoms. The van der Waals surface area contributed by atoms with Gasteiger partial charge < -0.3 is 0 Å². The number of hydrogen-bond acceptors (Lipinski definition) is 3. The van der Waals surface area contributed by atoms with Gasteiger partial charge in [-0.15, -0.1) is 0 Å². The van der Waals surface area contributed by atoms with Crippen molar-refractivity contribution in [1.29, 1.82) is 0 Å². The SMILES string of the molecule is [CH3][Bi]1[S]CCSCC[S]1. The summed E-state index contributed by atoms with van der Waals surface area (Å²) in [5.41, 5.74) is 0. The van der Waals surface area contributed by atoms with Crippen LogP contribution in [0.15, 0.2) is 0 Å². The zero-order valence-electron chi connectivity index (χ0n) is 5.50. The van der Waals surface area contributed by atoms with Crippen LogP contribution in [0.3, 0.4) is 0 Å².